The number of fused-ring (bicyclic) bond motifs is 1. The van der Waals surface area contributed by atoms with Crippen LogP contribution < -0.4 is 0 Å². The van der Waals surface area contributed by atoms with Gasteiger partial charge >= 0.3 is 0 Å². The molecule has 2 rings (SSSR count). The van der Waals surface area contributed by atoms with Crippen LogP contribution in [0, 0.1) is 6.92 Å². The van der Waals surface area contributed by atoms with Crippen LogP contribution >= 0.6 is 11.5 Å². The summed E-state index contributed by atoms with van der Waals surface area (Å²) in [4.78, 5) is 0. The van der Waals surface area contributed by atoms with Crippen LogP contribution in [0.4, 0.5) is 0 Å². The van der Waals surface area contributed by atoms with Crippen LogP contribution in [0.2, 0.25) is 0 Å². The maximum Gasteiger partial charge on any atom is 0.0552 e. The Morgan fingerprint density at radius 1 is 1.40 bits per heavy atom. The molecule has 0 aliphatic heterocycles. The lowest BCUT2D eigenvalue weighted by Gasteiger charge is -1.88. The maximum absolute atomic E-state index is 4.08. The Hall–Kier alpha value is -0.890. The average molecular weight is 149 g/mol. The van der Waals surface area contributed by atoms with Crippen molar-refractivity contribution in [3.05, 3.63) is 30.0 Å². The van der Waals surface area contributed by atoms with Crippen LogP contribution in [0.1, 0.15) is 5.56 Å². The van der Waals surface area contributed by atoms with E-state index in [1.807, 2.05) is 6.20 Å². The van der Waals surface area contributed by atoms with Crippen molar-refractivity contribution in [2.45, 2.75) is 6.92 Å². The van der Waals surface area contributed by atoms with Gasteiger partial charge in [0.2, 0.25) is 0 Å². The van der Waals surface area contributed by atoms with Crippen LogP contribution in [-0.2, 0) is 0 Å². The molecule has 1 nitrogen and oxygen atoms in total. The fraction of sp³-hybridized carbons (Fsp3) is 0.125. The van der Waals surface area contributed by atoms with Crippen LogP contribution in [0.25, 0.3) is 10.1 Å². The van der Waals surface area contributed by atoms with Crippen molar-refractivity contribution in [2.24, 2.45) is 0 Å². The van der Waals surface area contributed by atoms with Gasteiger partial charge in [-0.05, 0) is 30.1 Å². The van der Waals surface area contributed by atoms with Gasteiger partial charge in [-0.1, -0.05) is 12.1 Å². The zero-order chi connectivity index (χ0) is 6.97. The van der Waals surface area contributed by atoms with E-state index in [0.29, 0.717) is 0 Å². The van der Waals surface area contributed by atoms with Crippen molar-refractivity contribution in [3.8, 4) is 0 Å². The highest BCUT2D eigenvalue weighted by molar-refractivity contribution is 7.13. The van der Waals surface area contributed by atoms with Crippen molar-refractivity contribution in [3.63, 3.8) is 0 Å². The molecule has 0 atom stereocenters. The molecule has 1 aromatic heterocycles. The number of hydrogen-bond donors (Lipinski definition) is 0. The summed E-state index contributed by atoms with van der Waals surface area (Å²) in [6.45, 7) is 2.10. The topological polar surface area (TPSA) is 12.9 Å². The van der Waals surface area contributed by atoms with E-state index >= 15 is 0 Å². The van der Waals surface area contributed by atoms with E-state index in [4.69, 9.17) is 0 Å². The minimum absolute atomic E-state index is 1.25. The SMILES string of the molecule is Cc1ccc2cnsc2c1. The summed E-state index contributed by atoms with van der Waals surface area (Å²) in [5, 5.41) is 1.25. The lowest BCUT2D eigenvalue weighted by atomic mass is 10.2. The fourth-order valence-corrected chi connectivity index (χ4v) is 1.71. The van der Waals surface area contributed by atoms with Gasteiger partial charge in [0.1, 0.15) is 0 Å². The fourth-order valence-electron chi connectivity index (χ4n) is 0.967. The Labute approximate surface area is 63.5 Å². The standard InChI is InChI=1S/C8H7NS/c1-6-2-3-7-5-9-10-8(7)4-6/h2-5H,1H3. The molecule has 0 saturated heterocycles. The molecule has 0 aliphatic carbocycles. The third-order valence-electron chi connectivity index (χ3n) is 1.51. The molecule has 0 radical (unpaired) electrons. The van der Waals surface area contributed by atoms with Gasteiger partial charge in [-0.2, -0.15) is 4.37 Å². The van der Waals surface area contributed by atoms with E-state index in [9.17, 15) is 0 Å². The van der Waals surface area contributed by atoms with E-state index in [2.05, 4.69) is 29.5 Å². The lowest BCUT2D eigenvalue weighted by Crippen LogP contribution is -1.66. The second kappa shape index (κ2) is 2.06. The van der Waals surface area contributed by atoms with Crippen LogP contribution in [0.3, 0.4) is 0 Å². The van der Waals surface area contributed by atoms with E-state index < -0.39 is 0 Å². The number of benzene rings is 1. The molecule has 0 unspecified atom stereocenters. The second-order valence-corrected chi connectivity index (χ2v) is 3.20. The third kappa shape index (κ3) is 0.809. The highest BCUT2D eigenvalue weighted by atomic mass is 32.1. The van der Waals surface area contributed by atoms with Crippen molar-refractivity contribution < 1.29 is 0 Å². The van der Waals surface area contributed by atoms with Gasteiger partial charge in [-0.25, -0.2) is 0 Å². The number of nitrogens with zero attached hydrogens (tertiary/aromatic N) is 1. The van der Waals surface area contributed by atoms with Gasteiger partial charge in [-0.15, -0.1) is 0 Å². The summed E-state index contributed by atoms with van der Waals surface area (Å²) in [6.07, 6.45) is 1.90. The zero-order valence-electron chi connectivity index (χ0n) is 5.66. The third-order valence-corrected chi connectivity index (χ3v) is 2.27. The molecule has 0 fully saturated rings. The Bertz CT molecular complexity index is 351. The molecule has 1 aromatic carbocycles. The van der Waals surface area contributed by atoms with Gasteiger partial charge in [0, 0.05) is 11.6 Å². The van der Waals surface area contributed by atoms with E-state index in [0.717, 1.165) is 0 Å². The number of hydrogen-bond acceptors (Lipinski definition) is 2. The van der Waals surface area contributed by atoms with Crippen molar-refractivity contribution in [1.82, 2.24) is 4.37 Å². The molecule has 0 spiro atoms. The molecule has 0 amide bonds. The quantitative estimate of drug-likeness (QED) is 0.561. The summed E-state index contributed by atoms with van der Waals surface area (Å²) < 4.78 is 5.36. The molecule has 0 saturated carbocycles. The monoisotopic (exact) mass is 149 g/mol. The summed E-state index contributed by atoms with van der Waals surface area (Å²) in [5.74, 6) is 0. The predicted octanol–water partition coefficient (Wildman–Crippen LogP) is 2.60. The smallest absolute Gasteiger partial charge is 0.0552 e. The highest BCUT2D eigenvalue weighted by Crippen LogP contribution is 2.18. The Morgan fingerprint density at radius 2 is 2.30 bits per heavy atom. The second-order valence-electron chi connectivity index (χ2n) is 2.37. The van der Waals surface area contributed by atoms with Crippen LogP contribution in [-0.4, -0.2) is 4.37 Å². The molecule has 0 N–H and O–H groups in total. The van der Waals surface area contributed by atoms with Crippen molar-refractivity contribution in [1.29, 1.82) is 0 Å². The highest BCUT2D eigenvalue weighted by Gasteiger charge is 1.93. The molecule has 2 aromatic rings. The van der Waals surface area contributed by atoms with Gasteiger partial charge in [0.25, 0.3) is 0 Å². The molecule has 0 bridgehead atoms. The van der Waals surface area contributed by atoms with E-state index in [-0.39, 0.29) is 0 Å². The predicted molar refractivity (Wildman–Crippen MR) is 44.4 cm³/mol. The van der Waals surface area contributed by atoms with Gasteiger partial charge in [0.05, 0.1) is 4.70 Å². The first-order valence-corrected chi connectivity index (χ1v) is 3.95. The first kappa shape index (κ1) is 5.86. The number of aromatic nitrogens is 1. The molecule has 10 heavy (non-hydrogen) atoms. The summed E-state index contributed by atoms with van der Waals surface area (Å²) in [7, 11) is 0. The number of rotatable bonds is 0. The van der Waals surface area contributed by atoms with Crippen molar-refractivity contribution in [2.75, 3.05) is 0 Å². The first-order chi connectivity index (χ1) is 4.86. The minimum atomic E-state index is 1.25. The summed E-state index contributed by atoms with van der Waals surface area (Å²) in [5.41, 5.74) is 1.30. The molecule has 0 aliphatic rings. The van der Waals surface area contributed by atoms with Crippen LogP contribution in [0.15, 0.2) is 24.4 Å². The van der Waals surface area contributed by atoms with Crippen molar-refractivity contribution >= 4 is 21.6 Å². The van der Waals surface area contributed by atoms with Gasteiger partial charge < -0.3 is 0 Å². The Morgan fingerprint density at radius 3 is 3.20 bits per heavy atom. The molecular formula is C8H7NS. The van der Waals surface area contributed by atoms with Crippen LogP contribution in [0.5, 0.6) is 0 Å². The maximum atomic E-state index is 4.08. The van der Waals surface area contributed by atoms with Gasteiger partial charge in [-0.3, -0.25) is 0 Å². The molecule has 2 heteroatoms. The van der Waals surface area contributed by atoms with Gasteiger partial charge in [0.15, 0.2) is 0 Å². The summed E-state index contributed by atoms with van der Waals surface area (Å²) >= 11 is 1.55. The Balaban J connectivity index is 2.86. The molecular weight excluding hydrogens is 142 g/mol. The summed E-state index contributed by atoms with van der Waals surface area (Å²) in [6, 6.07) is 6.37. The number of aryl methyl sites for hydroxylation is 1. The largest absolute Gasteiger partial charge is 0.200 e. The molecule has 1 heterocycles. The minimum Gasteiger partial charge on any atom is -0.200 e. The zero-order valence-corrected chi connectivity index (χ0v) is 6.48. The van der Waals surface area contributed by atoms with E-state index in [1.165, 1.54) is 15.6 Å². The molecule has 50 valence electrons. The van der Waals surface area contributed by atoms with E-state index in [1.54, 1.807) is 11.5 Å². The normalized spacial score (nSPS) is 10.5. The lowest BCUT2D eigenvalue weighted by molar-refractivity contribution is 1.51. The first-order valence-electron chi connectivity index (χ1n) is 3.17. The Kier molecular flexibility index (Phi) is 1.21. The average Bonchev–Trinajstić information content (AvgIpc) is 2.33.